The van der Waals surface area contributed by atoms with Gasteiger partial charge in [0.1, 0.15) is 0 Å². The third-order valence-electron chi connectivity index (χ3n) is 1.45. The van der Waals surface area contributed by atoms with Crippen LogP contribution in [-0.2, 0) is 0 Å². The van der Waals surface area contributed by atoms with E-state index in [2.05, 4.69) is 13.5 Å². The van der Waals surface area contributed by atoms with Crippen LogP contribution in [0.1, 0.15) is 27.2 Å². The zero-order valence-electron chi connectivity index (χ0n) is 6.45. The van der Waals surface area contributed by atoms with E-state index >= 15 is 0 Å². The van der Waals surface area contributed by atoms with Gasteiger partial charge < -0.3 is 0 Å². The maximum absolute atomic E-state index is 5.83. The molecule has 0 aliphatic rings. The molecule has 0 spiro atoms. The van der Waals surface area contributed by atoms with Gasteiger partial charge >= 0.3 is 0 Å². The Morgan fingerprint density at radius 3 is 2.11 bits per heavy atom. The van der Waals surface area contributed by atoms with E-state index in [1.165, 1.54) is 5.57 Å². The standard InChI is InChI=1S/C8H15Cl/c1-6(2)5-7(3)8(4)9/h7-8H,1,5H2,2-4H3. The van der Waals surface area contributed by atoms with Gasteiger partial charge in [-0.05, 0) is 26.2 Å². The Morgan fingerprint density at radius 2 is 2.00 bits per heavy atom. The maximum Gasteiger partial charge on any atom is 0.0336 e. The second kappa shape index (κ2) is 3.94. The maximum atomic E-state index is 5.83. The third-order valence-corrected chi connectivity index (χ3v) is 1.88. The minimum absolute atomic E-state index is 0.265. The lowest BCUT2D eigenvalue weighted by Gasteiger charge is -2.12. The van der Waals surface area contributed by atoms with Gasteiger partial charge in [0, 0.05) is 5.38 Å². The van der Waals surface area contributed by atoms with Gasteiger partial charge in [-0.25, -0.2) is 0 Å². The van der Waals surface area contributed by atoms with E-state index in [4.69, 9.17) is 11.6 Å². The molecule has 0 aliphatic carbocycles. The highest BCUT2D eigenvalue weighted by Gasteiger charge is 2.07. The summed E-state index contributed by atoms with van der Waals surface area (Å²) < 4.78 is 0. The smallest absolute Gasteiger partial charge is 0.0336 e. The quantitative estimate of drug-likeness (QED) is 0.424. The lowest BCUT2D eigenvalue weighted by atomic mass is 10.0. The first-order valence-corrected chi connectivity index (χ1v) is 3.76. The molecule has 0 nitrogen and oxygen atoms in total. The second-order valence-electron chi connectivity index (χ2n) is 2.82. The number of rotatable bonds is 3. The molecule has 0 saturated carbocycles. The van der Waals surface area contributed by atoms with Crippen molar-refractivity contribution < 1.29 is 0 Å². The summed E-state index contributed by atoms with van der Waals surface area (Å²) in [5.41, 5.74) is 1.22. The predicted octanol–water partition coefficient (Wildman–Crippen LogP) is 3.22. The Hall–Kier alpha value is 0.0300. The van der Waals surface area contributed by atoms with Crippen molar-refractivity contribution in [1.82, 2.24) is 0 Å². The van der Waals surface area contributed by atoms with Crippen molar-refractivity contribution in [3.05, 3.63) is 12.2 Å². The normalized spacial score (nSPS) is 16.9. The van der Waals surface area contributed by atoms with Crippen molar-refractivity contribution in [3.63, 3.8) is 0 Å². The van der Waals surface area contributed by atoms with Crippen LogP contribution in [0.15, 0.2) is 12.2 Å². The molecule has 0 aromatic rings. The molecule has 0 rings (SSSR count). The van der Waals surface area contributed by atoms with Gasteiger partial charge in [-0.15, -0.1) is 18.2 Å². The molecule has 0 bridgehead atoms. The molecule has 2 unspecified atom stereocenters. The van der Waals surface area contributed by atoms with Crippen molar-refractivity contribution >= 4 is 11.6 Å². The van der Waals surface area contributed by atoms with Crippen molar-refractivity contribution in [3.8, 4) is 0 Å². The molecule has 0 saturated heterocycles. The molecule has 9 heavy (non-hydrogen) atoms. The average molecular weight is 147 g/mol. The fourth-order valence-electron chi connectivity index (χ4n) is 0.712. The second-order valence-corrected chi connectivity index (χ2v) is 3.50. The van der Waals surface area contributed by atoms with Crippen LogP contribution >= 0.6 is 11.6 Å². The average Bonchev–Trinajstić information content (AvgIpc) is 1.63. The molecule has 0 aliphatic heterocycles. The molecular weight excluding hydrogens is 132 g/mol. The monoisotopic (exact) mass is 146 g/mol. The largest absolute Gasteiger partial charge is 0.123 e. The lowest BCUT2D eigenvalue weighted by Crippen LogP contribution is -2.06. The summed E-state index contributed by atoms with van der Waals surface area (Å²) in [6.07, 6.45) is 1.05. The Balaban J connectivity index is 3.50. The van der Waals surface area contributed by atoms with Crippen molar-refractivity contribution in [2.24, 2.45) is 5.92 Å². The molecule has 2 atom stereocenters. The van der Waals surface area contributed by atoms with E-state index in [1.54, 1.807) is 0 Å². The Labute approximate surface area is 62.9 Å². The van der Waals surface area contributed by atoms with Crippen LogP contribution in [0.25, 0.3) is 0 Å². The van der Waals surface area contributed by atoms with Gasteiger partial charge in [0.25, 0.3) is 0 Å². The van der Waals surface area contributed by atoms with Gasteiger partial charge in [0.2, 0.25) is 0 Å². The molecule has 0 amide bonds. The highest BCUT2D eigenvalue weighted by molar-refractivity contribution is 6.20. The summed E-state index contributed by atoms with van der Waals surface area (Å²) in [5, 5.41) is 0.265. The topological polar surface area (TPSA) is 0 Å². The number of alkyl halides is 1. The Kier molecular flexibility index (Phi) is 3.96. The van der Waals surface area contributed by atoms with Crippen LogP contribution in [0.5, 0.6) is 0 Å². The first-order valence-electron chi connectivity index (χ1n) is 3.32. The van der Waals surface area contributed by atoms with E-state index in [9.17, 15) is 0 Å². The van der Waals surface area contributed by atoms with Crippen LogP contribution in [0.2, 0.25) is 0 Å². The van der Waals surface area contributed by atoms with Crippen molar-refractivity contribution in [2.45, 2.75) is 32.6 Å². The number of allylic oxidation sites excluding steroid dienone is 1. The van der Waals surface area contributed by atoms with E-state index in [0.717, 1.165) is 6.42 Å². The fraction of sp³-hybridized carbons (Fsp3) is 0.750. The molecule has 0 aromatic carbocycles. The zero-order valence-corrected chi connectivity index (χ0v) is 7.20. The summed E-state index contributed by atoms with van der Waals surface area (Å²) in [5.74, 6) is 0.559. The van der Waals surface area contributed by atoms with E-state index in [1.807, 2.05) is 13.8 Å². The van der Waals surface area contributed by atoms with Crippen molar-refractivity contribution in [2.75, 3.05) is 0 Å². The van der Waals surface area contributed by atoms with Crippen LogP contribution in [0.4, 0.5) is 0 Å². The van der Waals surface area contributed by atoms with Crippen LogP contribution < -0.4 is 0 Å². The van der Waals surface area contributed by atoms with Gasteiger partial charge in [0.15, 0.2) is 0 Å². The molecule has 1 heteroatoms. The zero-order chi connectivity index (χ0) is 7.44. The Bertz CT molecular complexity index is 94.7. The molecule has 0 radical (unpaired) electrons. The van der Waals surface area contributed by atoms with Crippen LogP contribution in [0, 0.1) is 5.92 Å². The fourth-order valence-corrected chi connectivity index (χ4v) is 0.801. The summed E-state index contributed by atoms with van der Waals surface area (Å²) in [6, 6.07) is 0. The van der Waals surface area contributed by atoms with Crippen molar-refractivity contribution in [1.29, 1.82) is 0 Å². The first-order chi connectivity index (χ1) is 4.04. The third kappa shape index (κ3) is 4.53. The van der Waals surface area contributed by atoms with Gasteiger partial charge in [-0.1, -0.05) is 12.5 Å². The number of hydrogen-bond acceptors (Lipinski definition) is 0. The SMILES string of the molecule is C=C(C)CC(C)C(C)Cl. The lowest BCUT2D eigenvalue weighted by molar-refractivity contribution is 0.566. The molecule has 0 heterocycles. The molecule has 0 aromatic heterocycles. The molecule has 54 valence electrons. The predicted molar refractivity (Wildman–Crippen MR) is 43.9 cm³/mol. The van der Waals surface area contributed by atoms with E-state index in [-0.39, 0.29) is 5.38 Å². The highest BCUT2D eigenvalue weighted by atomic mass is 35.5. The van der Waals surface area contributed by atoms with Gasteiger partial charge in [-0.3, -0.25) is 0 Å². The minimum atomic E-state index is 0.265. The number of hydrogen-bond donors (Lipinski definition) is 0. The molecular formula is C8H15Cl. The first kappa shape index (κ1) is 9.03. The number of halogens is 1. The van der Waals surface area contributed by atoms with E-state index < -0.39 is 0 Å². The van der Waals surface area contributed by atoms with Crippen LogP contribution in [-0.4, -0.2) is 5.38 Å². The highest BCUT2D eigenvalue weighted by Crippen LogP contribution is 2.16. The van der Waals surface area contributed by atoms with Gasteiger partial charge in [0.05, 0.1) is 0 Å². The molecule has 0 fully saturated rings. The van der Waals surface area contributed by atoms with E-state index in [0.29, 0.717) is 5.92 Å². The molecule has 0 N–H and O–H groups in total. The minimum Gasteiger partial charge on any atom is -0.123 e. The summed E-state index contributed by atoms with van der Waals surface area (Å²) in [6.45, 7) is 10.0. The Morgan fingerprint density at radius 1 is 1.56 bits per heavy atom. The van der Waals surface area contributed by atoms with Gasteiger partial charge in [-0.2, -0.15) is 0 Å². The summed E-state index contributed by atoms with van der Waals surface area (Å²) in [7, 11) is 0. The summed E-state index contributed by atoms with van der Waals surface area (Å²) in [4.78, 5) is 0. The summed E-state index contributed by atoms with van der Waals surface area (Å²) >= 11 is 5.83. The van der Waals surface area contributed by atoms with Crippen LogP contribution in [0.3, 0.4) is 0 Å².